The van der Waals surface area contributed by atoms with E-state index in [1.165, 1.54) is 0 Å². The Morgan fingerprint density at radius 1 is 1.08 bits per heavy atom. The summed E-state index contributed by atoms with van der Waals surface area (Å²) >= 11 is -1.90. The molecule has 0 radical (unpaired) electrons. The third kappa shape index (κ3) is 3.54. The summed E-state index contributed by atoms with van der Waals surface area (Å²) in [6.07, 6.45) is 0. The molecule has 0 saturated heterocycles. The first-order valence-electron chi connectivity index (χ1n) is 8.20. The van der Waals surface area contributed by atoms with E-state index in [9.17, 15) is 14.7 Å². The number of hydrogen-bond donors (Lipinski definition) is 1. The van der Waals surface area contributed by atoms with Gasteiger partial charge in [0.1, 0.15) is 0 Å². The third-order valence-electron chi connectivity index (χ3n) is 4.25. The monoisotopic (exact) mass is 397 g/mol. The van der Waals surface area contributed by atoms with Crippen molar-refractivity contribution in [2.75, 3.05) is 0 Å². The number of aromatic carboxylic acids is 1. The van der Waals surface area contributed by atoms with Crippen LogP contribution < -0.4 is 4.35 Å². The predicted molar refractivity (Wildman–Crippen MR) is 101 cm³/mol. The van der Waals surface area contributed by atoms with E-state index in [2.05, 4.69) is 6.07 Å². The number of nitrogens with zero attached hydrogens (tertiary/aromatic N) is 1. The van der Waals surface area contributed by atoms with Gasteiger partial charge in [0.15, 0.2) is 0 Å². The maximum atomic E-state index is 13.0. The Kier molecular flexibility index (Phi) is 5.10. The summed E-state index contributed by atoms with van der Waals surface area (Å²) < 4.78 is 2.95. The molecule has 3 aromatic rings. The van der Waals surface area contributed by atoms with Crippen LogP contribution in [0.15, 0.2) is 54.6 Å². The van der Waals surface area contributed by atoms with Crippen molar-refractivity contribution in [3.8, 4) is 0 Å². The fourth-order valence-electron chi connectivity index (χ4n) is 3.08. The molecule has 0 amide bonds. The van der Waals surface area contributed by atoms with Gasteiger partial charge in [-0.15, -0.1) is 0 Å². The average Bonchev–Trinajstić information content (AvgIpc) is 2.95. The molecule has 0 aliphatic carbocycles. The summed E-state index contributed by atoms with van der Waals surface area (Å²) in [4.78, 5) is 24.6. The fourth-order valence-corrected chi connectivity index (χ4v) is 7.15. The summed E-state index contributed by atoms with van der Waals surface area (Å²) in [5.41, 5.74) is 2.11. The van der Waals surface area contributed by atoms with Crippen molar-refractivity contribution in [3.63, 3.8) is 0 Å². The molecular formula is C20H20AsNO3. The number of benzene rings is 2. The van der Waals surface area contributed by atoms with Crippen molar-refractivity contribution in [2.24, 2.45) is 0 Å². The summed E-state index contributed by atoms with van der Waals surface area (Å²) in [6, 6.07) is 17.3. The molecule has 1 atom stereocenters. The van der Waals surface area contributed by atoms with Gasteiger partial charge in [-0.25, -0.2) is 0 Å². The Morgan fingerprint density at radius 2 is 1.84 bits per heavy atom. The zero-order valence-corrected chi connectivity index (χ0v) is 16.1. The minimum absolute atomic E-state index is 0.122. The van der Waals surface area contributed by atoms with Crippen LogP contribution in [0.1, 0.15) is 23.0 Å². The summed E-state index contributed by atoms with van der Waals surface area (Å²) in [5.74, 6) is -1.00. The van der Waals surface area contributed by atoms with Gasteiger partial charge in [-0.05, 0) is 0 Å². The number of aryl methyl sites for hydroxylation is 1. The number of carboxylic acids is 1. The number of carbonyl (C=O) groups is 2. The first kappa shape index (κ1) is 17.5. The van der Waals surface area contributed by atoms with E-state index < -0.39 is 20.6 Å². The second-order valence-corrected chi connectivity index (χ2v) is 11.2. The van der Waals surface area contributed by atoms with Crippen LogP contribution in [-0.2, 0) is 11.3 Å². The number of rotatable bonds is 6. The zero-order chi connectivity index (χ0) is 18.0. The minimum atomic E-state index is -1.90. The molecule has 0 fully saturated rings. The Morgan fingerprint density at radius 3 is 2.52 bits per heavy atom. The Labute approximate surface area is 151 Å². The summed E-state index contributed by atoms with van der Waals surface area (Å²) in [6.45, 7) is 4.20. The van der Waals surface area contributed by atoms with Crippen molar-refractivity contribution in [1.29, 1.82) is 0 Å². The molecule has 0 spiro atoms. The normalized spacial score (nSPS) is 12.2. The zero-order valence-electron chi connectivity index (χ0n) is 14.3. The summed E-state index contributed by atoms with van der Waals surface area (Å²) in [5, 5.41) is 11.2. The molecule has 0 aliphatic heterocycles. The number of carbonyl (C=O) groups excluding carboxylic acids is 1. The van der Waals surface area contributed by atoms with Crippen LogP contribution >= 0.6 is 0 Å². The molecule has 0 aliphatic rings. The SMILES string of the molecule is CC[As](C(=O)Cn1c(C(=O)O)cc2ccccc21)c1cccc(C)c1. The van der Waals surface area contributed by atoms with Crippen LogP contribution in [0.3, 0.4) is 0 Å². The quantitative estimate of drug-likeness (QED) is 0.650. The molecule has 1 unspecified atom stereocenters. The number of para-hydroxylation sites is 1. The van der Waals surface area contributed by atoms with Gasteiger partial charge in [0, 0.05) is 0 Å². The topological polar surface area (TPSA) is 59.3 Å². The van der Waals surface area contributed by atoms with E-state index >= 15 is 0 Å². The van der Waals surface area contributed by atoms with Crippen molar-refractivity contribution < 1.29 is 14.7 Å². The predicted octanol–water partition coefficient (Wildman–Crippen LogP) is 3.18. The van der Waals surface area contributed by atoms with Crippen molar-refractivity contribution in [2.45, 2.75) is 25.6 Å². The van der Waals surface area contributed by atoms with Crippen LogP contribution in [0.2, 0.25) is 5.21 Å². The first-order valence-corrected chi connectivity index (χ1v) is 11.4. The van der Waals surface area contributed by atoms with E-state index in [1.807, 2.05) is 56.3 Å². The van der Waals surface area contributed by atoms with Gasteiger partial charge in [0.05, 0.1) is 0 Å². The number of hydrogen-bond acceptors (Lipinski definition) is 2. The van der Waals surface area contributed by atoms with E-state index in [-0.39, 0.29) is 16.8 Å². The van der Waals surface area contributed by atoms with Gasteiger partial charge in [-0.1, -0.05) is 0 Å². The molecule has 4 nitrogen and oxygen atoms in total. The molecule has 1 aromatic heterocycles. The van der Waals surface area contributed by atoms with Gasteiger partial charge >= 0.3 is 151 Å². The molecule has 1 heterocycles. The van der Waals surface area contributed by atoms with E-state index in [0.717, 1.165) is 26.0 Å². The molecule has 5 heteroatoms. The van der Waals surface area contributed by atoms with Crippen molar-refractivity contribution >= 4 is 40.4 Å². The van der Waals surface area contributed by atoms with E-state index in [1.54, 1.807) is 10.6 Å². The van der Waals surface area contributed by atoms with Gasteiger partial charge < -0.3 is 0 Å². The first-order chi connectivity index (χ1) is 12.0. The molecule has 2 aromatic carbocycles. The fraction of sp³-hybridized carbons (Fsp3) is 0.200. The van der Waals surface area contributed by atoms with Crippen LogP contribution in [-0.4, -0.2) is 34.9 Å². The van der Waals surface area contributed by atoms with Crippen molar-refractivity contribution in [1.82, 2.24) is 4.57 Å². The van der Waals surface area contributed by atoms with E-state index in [4.69, 9.17) is 0 Å². The Hall–Kier alpha value is -2.32. The van der Waals surface area contributed by atoms with Crippen LogP contribution in [0.5, 0.6) is 0 Å². The van der Waals surface area contributed by atoms with Gasteiger partial charge in [0.25, 0.3) is 0 Å². The average molecular weight is 397 g/mol. The van der Waals surface area contributed by atoms with Crippen LogP contribution in [0.25, 0.3) is 10.9 Å². The molecule has 1 N–H and O–H groups in total. The number of aromatic nitrogens is 1. The molecule has 0 bridgehead atoms. The third-order valence-corrected chi connectivity index (χ3v) is 9.03. The second-order valence-electron chi connectivity index (χ2n) is 5.96. The van der Waals surface area contributed by atoms with Gasteiger partial charge in [0.2, 0.25) is 0 Å². The Balaban J connectivity index is 1.98. The molecule has 25 heavy (non-hydrogen) atoms. The molecular weight excluding hydrogens is 377 g/mol. The summed E-state index contributed by atoms with van der Waals surface area (Å²) in [7, 11) is 0. The van der Waals surface area contributed by atoms with Crippen LogP contribution in [0, 0.1) is 6.92 Å². The molecule has 0 saturated carbocycles. The second kappa shape index (κ2) is 7.28. The van der Waals surface area contributed by atoms with Crippen molar-refractivity contribution in [3.05, 3.63) is 65.9 Å². The number of carboxylic acid groups (broad SMARTS) is 1. The number of fused-ring (bicyclic) bond motifs is 1. The van der Waals surface area contributed by atoms with Gasteiger partial charge in [-0.2, -0.15) is 0 Å². The van der Waals surface area contributed by atoms with Gasteiger partial charge in [-0.3, -0.25) is 0 Å². The van der Waals surface area contributed by atoms with E-state index in [0.29, 0.717) is 0 Å². The Bertz CT molecular complexity index is 945. The maximum absolute atomic E-state index is 13.0. The van der Waals surface area contributed by atoms with Crippen LogP contribution in [0.4, 0.5) is 0 Å². The standard InChI is InChI=1S/C20H20AsNO3/c1-3-21(16-9-6-7-14(2)11-16)19(23)13-22-17-10-5-4-8-15(17)12-18(22)20(24)25/h4-12H,3,13H2,1-2H3,(H,24,25). The molecule has 128 valence electrons. The molecule has 3 rings (SSSR count).